The quantitative estimate of drug-likeness (QED) is 0.350. The molecule has 1 heterocycles. The van der Waals surface area contributed by atoms with Crippen molar-refractivity contribution in [3.63, 3.8) is 0 Å². The first-order chi connectivity index (χ1) is 17.3. The molecule has 0 bridgehead atoms. The minimum Gasteiger partial charge on any atom is -0.381 e. The zero-order valence-corrected chi connectivity index (χ0v) is 19.4. The van der Waals surface area contributed by atoms with Crippen LogP contribution in [-0.2, 0) is 16.9 Å². The van der Waals surface area contributed by atoms with Crippen LogP contribution in [0.25, 0.3) is 0 Å². The standard InChI is InChI=1S/C27H24F2N4O3/c1-18(20-8-5-9-21(12-20)25(34)19-6-3-2-4-7-19)26(35)31-14-27(36,15-33-17-30-16-32-33)23-11-10-22(28)13-24(23)29/h2-13,16-18,36H,14-15H2,1H3,(H,31,35)/t18-,27+/m0/s1. The van der Waals surface area contributed by atoms with Gasteiger partial charge in [-0.2, -0.15) is 5.10 Å². The largest absolute Gasteiger partial charge is 0.381 e. The van der Waals surface area contributed by atoms with E-state index in [9.17, 15) is 23.5 Å². The van der Waals surface area contributed by atoms with E-state index < -0.39 is 29.1 Å². The highest BCUT2D eigenvalue weighted by atomic mass is 19.1. The van der Waals surface area contributed by atoms with Gasteiger partial charge in [-0.3, -0.25) is 9.59 Å². The summed E-state index contributed by atoms with van der Waals surface area (Å²) in [7, 11) is 0. The molecule has 7 nitrogen and oxygen atoms in total. The van der Waals surface area contributed by atoms with Crippen LogP contribution in [0.5, 0.6) is 0 Å². The molecule has 0 radical (unpaired) electrons. The van der Waals surface area contributed by atoms with Crippen molar-refractivity contribution >= 4 is 11.7 Å². The molecule has 2 N–H and O–H groups in total. The summed E-state index contributed by atoms with van der Waals surface area (Å²) in [6.07, 6.45) is 2.60. The maximum Gasteiger partial charge on any atom is 0.227 e. The number of carbonyl (C=O) groups excluding carboxylic acids is 2. The van der Waals surface area contributed by atoms with E-state index in [1.165, 1.54) is 17.3 Å². The third kappa shape index (κ3) is 5.52. The Morgan fingerprint density at radius 3 is 2.47 bits per heavy atom. The van der Waals surface area contributed by atoms with Gasteiger partial charge in [0.05, 0.1) is 19.0 Å². The molecule has 0 aliphatic heterocycles. The zero-order valence-electron chi connectivity index (χ0n) is 19.4. The Kier molecular flexibility index (Phi) is 7.30. The predicted octanol–water partition coefficient (Wildman–Crippen LogP) is 3.60. The first-order valence-corrected chi connectivity index (χ1v) is 11.2. The lowest BCUT2D eigenvalue weighted by molar-refractivity contribution is -0.123. The van der Waals surface area contributed by atoms with Gasteiger partial charge in [-0.15, -0.1) is 0 Å². The topological polar surface area (TPSA) is 97.1 Å². The highest BCUT2D eigenvalue weighted by Gasteiger charge is 2.34. The number of hydrogen-bond donors (Lipinski definition) is 2. The lowest BCUT2D eigenvalue weighted by Gasteiger charge is -2.29. The summed E-state index contributed by atoms with van der Waals surface area (Å²) in [6.45, 7) is 1.06. The molecule has 4 aromatic rings. The van der Waals surface area contributed by atoms with Gasteiger partial charge in [0.25, 0.3) is 0 Å². The van der Waals surface area contributed by atoms with E-state index in [0.717, 1.165) is 12.1 Å². The van der Waals surface area contributed by atoms with Crippen LogP contribution in [0.4, 0.5) is 8.78 Å². The maximum atomic E-state index is 14.6. The van der Waals surface area contributed by atoms with Crippen molar-refractivity contribution in [2.24, 2.45) is 0 Å². The number of hydrogen-bond acceptors (Lipinski definition) is 5. The van der Waals surface area contributed by atoms with Crippen LogP contribution < -0.4 is 5.32 Å². The minimum atomic E-state index is -1.94. The number of aromatic nitrogens is 3. The van der Waals surface area contributed by atoms with Crippen LogP contribution in [0.2, 0.25) is 0 Å². The van der Waals surface area contributed by atoms with E-state index >= 15 is 0 Å². The normalized spacial score (nSPS) is 13.6. The number of amides is 1. The number of rotatable bonds is 9. The number of aliphatic hydroxyl groups is 1. The Bertz CT molecular complexity index is 1360. The van der Waals surface area contributed by atoms with E-state index in [-0.39, 0.29) is 24.4 Å². The molecule has 0 aliphatic rings. The lowest BCUT2D eigenvalue weighted by Crippen LogP contribution is -2.45. The minimum absolute atomic E-state index is 0.168. The van der Waals surface area contributed by atoms with E-state index in [4.69, 9.17) is 0 Å². The SMILES string of the molecule is C[C@H](C(=O)NC[C@@](O)(Cn1cncn1)c1ccc(F)cc1F)c1cccc(C(=O)c2ccccc2)c1. The van der Waals surface area contributed by atoms with Gasteiger partial charge in [-0.25, -0.2) is 18.4 Å². The van der Waals surface area contributed by atoms with E-state index in [1.807, 2.05) is 6.07 Å². The van der Waals surface area contributed by atoms with Crippen LogP contribution >= 0.6 is 0 Å². The second-order valence-corrected chi connectivity index (χ2v) is 8.51. The van der Waals surface area contributed by atoms with Crippen LogP contribution in [0.1, 0.15) is 39.9 Å². The second-order valence-electron chi connectivity index (χ2n) is 8.51. The van der Waals surface area contributed by atoms with Crippen LogP contribution in [0.15, 0.2) is 85.5 Å². The molecule has 0 unspecified atom stereocenters. The molecule has 2 atom stereocenters. The monoisotopic (exact) mass is 490 g/mol. The van der Waals surface area contributed by atoms with Crippen molar-refractivity contribution in [1.29, 1.82) is 0 Å². The number of halogens is 2. The van der Waals surface area contributed by atoms with Gasteiger partial charge < -0.3 is 10.4 Å². The fourth-order valence-corrected chi connectivity index (χ4v) is 3.93. The summed E-state index contributed by atoms with van der Waals surface area (Å²) >= 11 is 0. The summed E-state index contributed by atoms with van der Waals surface area (Å²) < 4.78 is 29.4. The number of benzene rings is 3. The van der Waals surface area contributed by atoms with Crippen LogP contribution in [0.3, 0.4) is 0 Å². The summed E-state index contributed by atoms with van der Waals surface area (Å²) in [4.78, 5) is 29.6. The number of nitrogens with zero attached hydrogens (tertiary/aromatic N) is 3. The summed E-state index contributed by atoms with van der Waals surface area (Å²) in [5.74, 6) is -3.03. The van der Waals surface area contributed by atoms with Gasteiger partial charge in [-0.05, 0) is 24.6 Å². The Morgan fingerprint density at radius 2 is 1.78 bits per heavy atom. The van der Waals surface area contributed by atoms with E-state index in [0.29, 0.717) is 22.8 Å². The van der Waals surface area contributed by atoms with Crippen molar-refractivity contribution in [2.45, 2.75) is 25.0 Å². The molecule has 9 heteroatoms. The Balaban J connectivity index is 1.52. The second kappa shape index (κ2) is 10.6. The first kappa shape index (κ1) is 24.9. The fourth-order valence-electron chi connectivity index (χ4n) is 3.93. The summed E-state index contributed by atoms with van der Waals surface area (Å²) in [6, 6.07) is 18.4. The van der Waals surface area contributed by atoms with E-state index in [2.05, 4.69) is 15.4 Å². The fraction of sp³-hybridized carbons (Fsp3) is 0.185. The summed E-state index contributed by atoms with van der Waals surface area (Å²) in [5, 5.41) is 18.0. The molecule has 1 amide bonds. The molecular weight excluding hydrogens is 466 g/mol. The molecule has 0 fully saturated rings. The summed E-state index contributed by atoms with van der Waals surface area (Å²) in [5.41, 5.74) is -0.558. The highest BCUT2D eigenvalue weighted by molar-refractivity contribution is 6.09. The van der Waals surface area contributed by atoms with Gasteiger partial charge in [-0.1, -0.05) is 54.6 Å². The smallest absolute Gasteiger partial charge is 0.227 e. The Hall–Kier alpha value is -4.24. The lowest BCUT2D eigenvalue weighted by atomic mass is 9.91. The van der Waals surface area contributed by atoms with Crippen molar-refractivity contribution in [1.82, 2.24) is 20.1 Å². The molecule has 36 heavy (non-hydrogen) atoms. The third-order valence-corrected chi connectivity index (χ3v) is 5.96. The highest BCUT2D eigenvalue weighted by Crippen LogP contribution is 2.27. The molecular formula is C27H24F2N4O3. The number of nitrogens with one attached hydrogen (secondary N) is 1. The van der Waals surface area contributed by atoms with Gasteiger partial charge in [0.1, 0.15) is 29.9 Å². The molecule has 1 aromatic heterocycles. The van der Waals surface area contributed by atoms with Crippen molar-refractivity contribution in [3.05, 3.63) is 119 Å². The predicted molar refractivity (Wildman–Crippen MR) is 128 cm³/mol. The molecule has 4 rings (SSSR count). The van der Waals surface area contributed by atoms with Crippen molar-refractivity contribution < 1.29 is 23.5 Å². The van der Waals surface area contributed by atoms with Crippen molar-refractivity contribution in [2.75, 3.05) is 6.54 Å². The average molecular weight is 491 g/mol. The average Bonchev–Trinajstić information content (AvgIpc) is 3.39. The van der Waals surface area contributed by atoms with Gasteiger partial charge in [0.15, 0.2) is 5.78 Å². The van der Waals surface area contributed by atoms with Gasteiger partial charge in [0.2, 0.25) is 5.91 Å². The van der Waals surface area contributed by atoms with Crippen molar-refractivity contribution in [3.8, 4) is 0 Å². The van der Waals surface area contributed by atoms with Gasteiger partial charge >= 0.3 is 0 Å². The molecule has 3 aromatic carbocycles. The maximum absolute atomic E-state index is 14.6. The molecule has 0 spiro atoms. The van der Waals surface area contributed by atoms with Crippen LogP contribution in [0, 0.1) is 11.6 Å². The third-order valence-electron chi connectivity index (χ3n) is 5.96. The Morgan fingerprint density at radius 1 is 1.03 bits per heavy atom. The number of carbonyl (C=O) groups is 2. The zero-order chi connectivity index (χ0) is 25.7. The van der Waals surface area contributed by atoms with E-state index in [1.54, 1.807) is 55.5 Å². The first-order valence-electron chi connectivity index (χ1n) is 11.2. The Labute approximate surface area is 206 Å². The molecule has 184 valence electrons. The number of ketones is 1. The van der Waals surface area contributed by atoms with Crippen LogP contribution in [-0.4, -0.2) is 38.1 Å². The molecule has 0 aliphatic carbocycles. The van der Waals surface area contributed by atoms with Gasteiger partial charge in [0, 0.05) is 22.8 Å². The molecule has 0 saturated heterocycles. The molecule has 0 saturated carbocycles.